The van der Waals surface area contributed by atoms with Crippen molar-refractivity contribution < 1.29 is 14.4 Å². The van der Waals surface area contributed by atoms with Gasteiger partial charge in [-0.3, -0.25) is 9.63 Å². The molecule has 18 heavy (non-hydrogen) atoms. The highest BCUT2D eigenvalue weighted by Crippen LogP contribution is 2.20. The van der Waals surface area contributed by atoms with Crippen LogP contribution >= 0.6 is 11.8 Å². The number of amides is 1. The maximum atomic E-state index is 11.5. The van der Waals surface area contributed by atoms with E-state index in [9.17, 15) is 4.79 Å². The molecule has 0 unspecified atom stereocenters. The first-order chi connectivity index (χ1) is 8.40. The summed E-state index contributed by atoms with van der Waals surface area (Å²) in [5, 5.41) is 0. The van der Waals surface area contributed by atoms with Crippen LogP contribution < -0.4 is 10.2 Å². The lowest BCUT2D eigenvalue weighted by Gasteiger charge is -2.18. The Labute approximate surface area is 112 Å². The Hall–Kier alpha value is -1.20. The van der Waals surface area contributed by atoms with Crippen molar-refractivity contribution in [2.24, 2.45) is 0 Å². The fourth-order valence-corrected chi connectivity index (χ4v) is 1.75. The van der Waals surface area contributed by atoms with Gasteiger partial charge < -0.3 is 4.74 Å². The third kappa shape index (κ3) is 5.93. The highest BCUT2D eigenvalue weighted by Gasteiger charge is 2.12. The molecule has 0 heterocycles. The molecule has 1 rings (SSSR count). The molecule has 0 bridgehead atoms. The number of nitrogens with one attached hydrogen (secondary N) is 1. The van der Waals surface area contributed by atoms with Gasteiger partial charge in [0, 0.05) is 4.90 Å². The van der Waals surface area contributed by atoms with Gasteiger partial charge in [0.25, 0.3) is 5.91 Å². The number of hydroxylamine groups is 1. The molecule has 0 fully saturated rings. The fraction of sp³-hybridized carbons (Fsp3) is 0.462. The first-order valence-electron chi connectivity index (χ1n) is 5.64. The second-order valence-corrected chi connectivity index (χ2v) is 5.75. The molecular weight excluding hydrogens is 250 g/mol. The molecule has 1 aromatic carbocycles. The van der Waals surface area contributed by atoms with Crippen LogP contribution in [-0.4, -0.2) is 24.4 Å². The third-order valence-corrected chi connectivity index (χ3v) is 2.91. The predicted molar refractivity (Wildman–Crippen MR) is 72.7 cm³/mol. The first kappa shape index (κ1) is 14.9. The van der Waals surface area contributed by atoms with Gasteiger partial charge in [-0.05, 0) is 45.0 Å². The average molecular weight is 269 g/mol. The summed E-state index contributed by atoms with van der Waals surface area (Å²) in [4.78, 5) is 17.7. The number of carbonyl (C=O) groups excluding carboxylic acids is 1. The average Bonchev–Trinajstić information content (AvgIpc) is 2.33. The van der Waals surface area contributed by atoms with Crippen molar-refractivity contribution in [3.05, 3.63) is 24.3 Å². The maximum absolute atomic E-state index is 11.5. The van der Waals surface area contributed by atoms with Crippen molar-refractivity contribution in [3.8, 4) is 5.75 Å². The Kier molecular flexibility index (Phi) is 5.50. The number of benzene rings is 1. The van der Waals surface area contributed by atoms with Crippen LogP contribution in [0.5, 0.6) is 5.75 Å². The van der Waals surface area contributed by atoms with E-state index in [2.05, 4.69) is 5.48 Å². The number of methoxy groups -OCH3 is 1. The van der Waals surface area contributed by atoms with Crippen LogP contribution in [0.1, 0.15) is 20.8 Å². The van der Waals surface area contributed by atoms with Crippen molar-refractivity contribution in [3.63, 3.8) is 0 Å². The minimum absolute atomic E-state index is 0.147. The summed E-state index contributed by atoms with van der Waals surface area (Å²) in [6.07, 6.45) is 0. The smallest absolute Gasteiger partial charge is 0.253 e. The van der Waals surface area contributed by atoms with E-state index in [4.69, 9.17) is 9.57 Å². The van der Waals surface area contributed by atoms with Crippen molar-refractivity contribution in [1.29, 1.82) is 0 Å². The molecule has 0 aromatic heterocycles. The van der Waals surface area contributed by atoms with E-state index >= 15 is 0 Å². The van der Waals surface area contributed by atoms with E-state index in [-0.39, 0.29) is 11.5 Å². The minimum Gasteiger partial charge on any atom is -0.497 e. The Morgan fingerprint density at radius 1 is 1.28 bits per heavy atom. The predicted octanol–water partition coefficient (Wildman–Crippen LogP) is 2.63. The Morgan fingerprint density at radius 2 is 1.89 bits per heavy atom. The third-order valence-electron chi connectivity index (χ3n) is 1.90. The second kappa shape index (κ2) is 6.66. The number of hydrogen-bond acceptors (Lipinski definition) is 4. The van der Waals surface area contributed by atoms with Gasteiger partial charge in [0.15, 0.2) is 0 Å². The zero-order chi connectivity index (χ0) is 13.6. The standard InChI is InChI=1S/C13H19NO3S/c1-13(2,3)17-14-12(15)9-18-11-7-5-10(16-4)6-8-11/h5-8H,9H2,1-4H3,(H,14,15). The van der Waals surface area contributed by atoms with Crippen LogP contribution in [0.2, 0.25) is 0 Å². The number of carbonyl (C=O) groups is 1. The van der Waals surface area contributed by atoms with E-state index in [1.807, 2.05) is 45.0 Å². The molecule has 0 aliphatic rings. The molecule has 0 aliphatic heterocycles. The molecule has 0 spiro atoms. The summed E-state index contributed by atoms with van der Waals surface area (Å²) in [7, 11) is 1.62. The summed E-state index contributed by atoms with van der Waals surface area (Å²) >= 11 is 1.45. The van der Waals surface area contributed by atoms with Crippen LogP contribution in [0.25, 0.3) is 0 Å². The summed E-state index contributed by atoms with van der Waals surface area (Å²) in [6, 6.07) is 7.57. The summed E-state index contributed by atoms with van der Waals surface area (Å²) < 4.78 is 5.06. The second-order valence-electron chi connectivity index (χ2n) is 4.70. The molecular formula is C13H19NO3S. The lowest BCUT2D eigenvalue weighted by atomic mass is 10.2. The highest BCUT2D eigenvalue weighted by atomic mass is 32.2. The molecule has 1 amide bonds. The van der Waals surface area contributed by atoms with E-state index in [1.165, 1.54) is 11.8 Å². The van der Waals surface area contributed by atoms with Gasteiger partial charge in [0.1, 0.15) is 5.75 Å². The largest absolute Gasteiger partial charge is 0.497 e. The van der Waals surface area contributed by atoms with Crippen molar-refractivity contribution in [1.82, 2.24) is 5.48 Å². The molecule has 100 valence electrons. The number of rotatable bonds is 5. The first-order valence-corrected chi connectivity index (χ1v) is 6.63. The normalized spacial score (nSPS) is 11.1. The van der Waals surface area contributed by atoms with Gasteiger partial charge in [-0.2, -0.15) is 0 Å². The minimum atomic E-state index is -0.375. The molecule has 0 radical (unpaired) electrons. The number of hydrogen-bond donors (Lipinski definition) is 1. The number of thioether (sulfide) groups is 1. The molecule has 0 atom stereocenters. The zero-order valence-corrected chi connectivity index (χ0v) is 12.0. The molecule has 4 nitrogen and oxygen atoms in total. The summed E-state index contributed by atoms with van der Waals surface area (Å²) in [6.45, 7) is 5.64. The molecule has 0 saturated heterocycles. The fourth-order valence-electron chi connectivity index (χ4n) is 1.06. The number of ether oxygens (including phenoxy) is 1. The van der Waals surface area contributed by atoms with Crippen molar-refractivity contribution in [2.45, 2.75) is 31.3 Å². The van der Waals surface area contributed by atoms with Gasteiger partial charge in [-0.1, -0.05) is 0 Å². The maximum Gasteiger partial charge on any atom is 0.253 e. The zero-order valence-electron chi connectivity index (χ0n) is 11.1. The monoisotopic (exact) mass is 269 g/mol. The molecule has 1 aromatic rings. The van der Waals surface area contributed by atoms with E-state index < -0.39 is 0 Å². The van der Waals surface area contributed by atoms with E-state index in [0.29, 0.717) is 5.75 Å². The van der Waals surface area contributed by atoms with Gasteiger partial charge in [-0.25, -0.2) is 5.48 Å². The molecule has 0 saturated carbocycles. The highest BCUT2D eigenvalue weighted by molar-refractivity contribution is 8.00. The SMILES string of the molecule is COc1ccc(SCC(=O)NOC(C)(C)C)cc1. The Morgan fingerprint density at radius 3 is 2.39 bits per heavy atom. The van der Waals surface area contributed by atoms with Crippen LogP contribution in [0.3, 0.4) is 0 Å². The Bertz CT molecular complexity index is 384. The van der Waals surface area contributed by atoms with Gasteiger partial charge in [0.05, 0.1) is 18.5 Å². The lowest BCUT2D eigenvalue weighted by Crippen LogP contribution is -2.34. The van der Waals surface area contributed by atoms with Gasteiger partial charge in [-0.15, -0.1) is 11.8 Å². The van der Waals surface area contributed by atoms with Crippen LogP contribution in [-0.2, 0) is 9.63 Å². The summed E-state index contributed by atoms with van der Waals surface area (Å²) in [5.74, 6) is 0.980. The molecule has 0 aliphatic carbocycles. The van der Waals surface area contributed by atoms with Crippen LogP contribution in [0.15, 0.2) is 29.2 Å². The Balaban J connectivity index is 2.33. The van der Waals surface area contributed by atoms with E-state index in [0.717, 1.165) is 10.6 Å². The van der Waals surface area contributed by atoms with Gasteiger partial charge >= 0.3 is 0 Å². The summed E-state index contributed by atoms with van der Waals surface area (Å²) in [5.41, 5.74) is 2.06. The van der Waals surface area contributed by atoms with Crippen molar-refractivity contribution in [2.75, 3.05) is 12.9 Å². The van der Waals surface area contributed by atoms with Crippen LogP contribution in [0, 0.1) is 0 Å². The van der Waals surface area contributed by atoms with Crippen LogP contribution in [0.4, 0.5) is 0 Å². The quantitative estimate of drug-likeness (QED) is 0.659. The molecule has 5 heteroatoms. The van der Waals surface area contributed by atoms with E-state index in [1.54, 1.807) is 7.11 Å². The molecule has 1 N–H and O–H groups in total. The van der Waals surface area contributed by atoms with Crippen molar-refractivity contribution >= 4 is 17.7 Å². The van der Waals surface area contributed by atoms with Gasteiger partial charge in [0.2, 0.25) is 0 Å². The lowest BCUT2D eigenvalue weighted by molar-refractivity contribution is -0.142. The topological polar surface area (TPSA) is 47.6 Å².